The van der Waals surface area contributed by atoms with Gasteiger partial charge >= 0.3 is 0 Å². The average Bonchev–Trinajstić information content (AvgIpc) is 2.97. The van der Waals surface area contributed by atoms with Gasteiger partial charge in [-0.3, -0.25) is 4.79 Å². The molecule has 0 aliphatic rings. The topological polar surface area (TPSA) is 102 Å². The Bertz CT molecular complexity index is 933. The van der Waals surface area contributed by atoms with Gasteiger partial charge in [0.05, 0.1) is 0 Å². The van der Waals surface area contributed by atoms with Crippen molar-refractivity contribution in [3.8, 4) is 11.8 Å². The molecular formula is C17H12N4O2. The third-order valence-electron chi connectivity index (χ3n) is 3.27. The first-order valence-corrected chi connectivity index (χ1v) is 6.81. The highest BCUT2D eigenvalue weighted by molar-refractivity contribution is 6.10. The maximum atomic E-state index is 12.2. The molecule has 3 rings (SSSR count). The molecule has 0 unspecified atom stereocenters. The quantitative estimate of drug-likeness (QED) is 0.393. The van der Waals surface area contributed by atoms with Crippen LogP contribution in [0.3, 0.4) is 0 Å². The molecule has 0 atom stereocenters. The van der Waals surface area contributed by atoms with Crippen molar-refractivity contribution >= 4 is 28.7 Å². The molecule has 1 amide bonds. The molecule has 0 fully saturated rings. The van der Waals surface area contributed by atoms with E-state index in [0.717, 1.165) is 5.39 Å². The second kappa shape index (κ2) is 6.03. The first-order chi connectivity index (χ1) is 11.2. The van der Waals surface area contributed by atoms with Crippen molar-refractivity contribution in [1.82, 2.24) is 9.97 Å². The summed E-state index contributed by atoms with van der Waals surface area (Å²) in [6.45, 7) is 0. The van der Waals surface area contributed by atoms with Crippen molar-refractivity contribution in [2.75, 3.05) is 5.32 Å². The number of aromatic amines is 1. The number of H-pyrrole nitrogens is 1. The van der Waals surface area contributed by atoms with Crippen molar-refractivity contribution in [3.63, 3.8) is 0 Å². The number of anilines is 1. The lowest BCUT2D eigenvalue weighted by atomic mass is 10.1. The summed E-state index contributed by atoms with van der Waals surface area (Å²) in [5.41, 5.74) is 1.87. The summed E-state index contributed by atoms with van der Waals surface area (Å²) in [6, 6.07) is 11.6. The summed E-state index contributed by atoms with van der Waals surface area (Å²) < 4.78 is 0. The van der Waals surface area contributed by atoms with E-state index >= 15 is 0 Å². The molecule has 6 nitrogen and oxygen atoms in total. The molecule has 3 N–H and O–H groups in total. The number of carbonyl (C=O) groups is 1. The van der Waals surface area contributed by atoms with Crippen LogP contribution in [0.5, 0.6) is 5.75 Å². The van der Waals surface area contributed by atoms with E-state index in [9.17, 15) is 15.2 Å². The van der Waals surface area contributed by atoms with E-state index in [1.807, 2.05) is 12.1 Å². The zero-order valence-corrected chi connectivity index (χ0v) is 11.9. The largest absolute Gasteiger partial charge is 0.508 e. The predicted molar refractivity (Wildman–Crippen MR) is 86.4 cm³/mol. The first-order valence-electron chi connectivity index (χ1n) is 6.81. The van der Waals surface area contributed by atoms with Crippen LogP contribution in [0.2, 0.25) is 0 Å². The molecule has 23 heavy (non-hydrogen) atoms. The third-order valence-corrected chi connectivity index (χ3v) is 3.27. The number of nitrogens with zero attached hydrogens (tertiary/aromatic N) is 2. The number of nitriles is 1. The Hall–Kier alpha value is -3.59. The molecule has 0 bridgehead atoms. The molecular weight excluding hydrogens is 292 g/mol. The maximum absolute atomic E-state index is 12.2. The number of amides is 1. The van der Waals surface area contributed by atoms with Gasteiger partial charge in [-0.05, 0) is 42.5 Å². The normalized spacial score (nSPS) is 11.2. The number of carbonyl (C=O) groups excluding carboxylic acids is 1. The van der Waals surface area contributed by atoms with Crippen LogP contribution in [0, 0.1) is 11.3 Å². The van der Waals surface area contributed by atoms with Crippen LogP contribution in [-0.4, -0.2) is 21.0 Å². The Morgan fingerprint density at radius 3 is 2.83 bits per heavy atom. The highest BCUT2D eigenvalue weighted by Crippen LogP contribution is 2.19. The van der Waals surface area contributed by atoms with Gasteiger partial charge in [0, 0.05) is 29.0 Å². The lowest BCUT2D eigenvalue weighted by Gasteiger charge is -2.04. The number of pyridine rings is 1. The number of rotatable bonds is 3. The number of benzene rings is 1. The Morgan fingerprint density at radius 2 is 2.09 bits per heavy atom. The fraction of sp³-hybridized carbons (Fsp3) is 0. The van der Waals surface area contributed by atoms with Gasteiger partial charge in [0.15, 0.2) is 0 Å². The minimum Gasteiger partial charge on any atom is -0.508 e. The SMILES string of the molecule is N#C/C(=C\c1c[nH]c2ncccc12)C(=O)Nc1ccc(O)cc1. The number of aromatic hydroxyl groups is 1. The van der Waals surface area contributed by atoms with Gasteiger partial charge < -0.3 is 15.4 Å². The molecule has 0 saturated heterocycles. The molecule has 0 radical (unpaired) electrons. The second-order valence-corrected chi connectivity index (χ2v) is 4.81. The molecule has 2 heterocycles. The smallest absolute Gasteiger partial charge is 0.266 e. The van der Waals surface area contributed by atoms with E-state index in [1.54, 1.807) is 30.6 Å². The number of aromatic nitrogens is 2. The zero-order valence-electron chi connectivity index (χ0n) is 11.9. The highest BCUT2D eigenvalue weighted by Gasteiger charge is 2.11. The fourth-order valence-electron chi connectivity index (χ4n) is 2.14. The van der Waals surface area contributed by atoms with Crippen molar-refractivity contribution in [3.05, 3.63) is 59.9 Å². The first kappa shape index (κ1) is 14.4. The van der Waals surface area contributed by atoms with E-state index in [1.165, 1.54) is 18.2 Å². The van der Waals surface area contributed by atoms with Gasteiger partial charge in [-0.2, -0.15) is 5.26 Å². The van der Waals surface area contributed by atoms with Gasteiger partial charge in [-0.25, -0.2) is 4.98 Å². The van der Waals surface area contributed by atoms with Crippen LogP contribution in [-0.2, 0) is 4.79 Å². The van der Waals surface area contributed by atoms with Gasteiger partial charge in [0.2, 0.25) is 0 Å². The Morgan fingerprint density at radius 1 is 1.30 bits per heavy atom. The van der Waals surface area contributed by atoms with Gasteiger partial charge in [-0.15, -0.1) is 0 Å². The number of phenolic OH excluding ortho intramolecular Hbond substituents is 1. The molecule has 0 spiro atoms. The second-order valence-electron chi connectivity index (χ2n) is 4.81. The summed E-state index contributed by atoms with van der Waals surface area (Å²) in [7, 11) is 0. The van der Waals surface area contributed by atoms with E-state index in [2.05, 4.69) is 15.3 Å². The standard InChI is InChI=1S/C17H12N4O2/c18-9-11(17(23)21-13-3-5-14(22)6-4-13)8-12-10-20-16-15(12)2-1-7-19-16/h1-8,10,22H,(H,19,20)(H,21,23)/b11-8+. The van der Waals surface area contributed by atoms with Crippen LogP contribution in [0.4, 0.5) is 5.69 Å². The summed E-state index contributed by atoms with van der Waals surface area (Å²) >= 11 is 0. The Labute approximate surface area is 131 Å². The lowest BCUT2D eigenvalue weighted by molar-refractivity contribution is -0.112. The Kier molecular flexibility index (Phi) is 3.77. The van der Waals surface area contributed by atoms with Crippen LogP contribution in [0.1, 0.15) is 5.56 Å². The van der Waals surface area contributed by atoms with E-state index in [-0.39, 0.29) is 11.3 Å². The van der Waals surface area contributed by atoms with Crippen molar-refractivity contribution < 1.29 is 9.90 Å². The molecule has 1 aromatic carbocycles. The van der Waals surface area contributed by atoms with Crippen molar-refractivity contribution in [2.24, 2.45) is 0 Å². The molecule has 112 valence electrons. The van der Waals surface area contributed by atoms with Crippen molar-refractivity contribution in [1.29, 1.82) is 5.26 Å². The van der Waals surface area contributed by atoms with E-state index in [4.69, 9.17) is 0 Å². The molecule has 0 aliphatic carbocycles. The highest BCUT2D eigenvalue weighted by atomic mass is 16.3. The number of hydrogen-bond donors (Lipinski definition) is 3. The molecule has 0 saturated carbocycles. The number of phenols is 1. The summed E-state index contributed by atoms with van der Waals surface area (Å²) in [5.74, 6) is -0.415. The molecule has 2 aromatic heterocycles. The predicted octanol–water partition coefficient (Wildman–Crippen LogP) is 2.81. The van der Waals surface area contributed by atoms with Crippen LogP contribution in [0.25, 0.3) is 17.1 Å². The fourth-order valence-corrected chi connectivity index (χ4v) is 2.14. The van der Waals surface area contributed by atoms with Crippen LogP contribution >= 0.6 is 0 Å². The van der Waals surface area contributed by atoms with E-state index < -0.39 is 5.91 Å². The maximum Gasteiger partial charge on any atom is 0.266 e. The van der Waals surface area contributed by atoms with Gasteiger partial charge in [0.25, 0.3) is 5.91 Å². The summed E-state index contributed by atoms with van der Waals surface area (Å²) in [6.07, 6.45) is 4.87. The summed E-state index contributed by atoms with van der Waals surface area (Å²) in [5, 5.41) is 21.9. The molecule has 6 heteroatoms. The zero-order chi connectivity index (χ0) is 16.2. The molecule has 3 aromatic rings. The van der Waals surface area contributed by atoms with Crippen molar-refractivity contribution in [2.45, 2.75) is 0 Å². The monoisotopic (exact) mass is 304 g/mol. The number of nitrogens with one attached hydrogen (secondary N) is 2. The molecule has 0 aliphatic heterocycles. The minimum absolute atomic E-state index is 0.0252. The average molecular weight is 304 g/mol. The number of hydrogen-bond acceptors (Lipinski definition) is 4. The van der Waals surface area contributed by atoms with Gasteiger partial charge in [-0.1, -0.05) is 0 Å². The van der Waals surface area contributed by atoms with E-state index in [0.29, 0.717) is 16.9 Å². The Balaban J connectivity index is 1.88. The van der Waals surface area contributed by atoms with Gasteiger partial charge in [0.1, 0.15) is 23.0 Å². The number of fused-ring (bicyclic) bond motifs is 1. The summed E-state index contributed by atoms with van der Waals surface area (Å²) in [4.78, 5) is 19.4. The van der Waals surface area contributed by atoms with Crippen LogP contribution in [0.15, 0.2) is 54.4 Å². The lowest BCUT2D eigenvalue weighted by Crippen LogP contribution is -2.13. The third kappa shape index (κ3) is 3.04. The minimum atomic E-state index is -0.517. The van der Waals surface area contributed by atoms with Crippen LogP contribution < -0.4 is 5.32 Å².